The van der Waals surface area contributed by atoms with Crippen LogP contribution >= 0.6 is 0 Å². The van der Waals surface area contributed by atoms with Gasteiger partial charge in [0.15, 0.2) is 11.8 Å². The highest BCUT2D eigenvalue weighted by atomic mass is 19.1. The van der Waals surface area contributed by atoms with Gasteiger partial charge in [-0.3, -0.25) is 0 Å². The first-order valence-corrected chi connectivity index (χ1v) is 9.32. The highest BCUT2D eigenvalue weighted by molar-refractivity contribution is 5.80. The summed E-state index contributed by atoms with van der Waals surface area (Å²) in [5, 5.41) is 14.6. The fourth-order valence-electron chi connectivity index (χ4n) is 2.81. The van der Waals surface area contributed by atoms with Gasteiger partial charge in [-0.1, -0.05) is 36.4 Å². The average Bonchev–Trinajstić information content (AvgIpc) is 3.02. The van der Waals surface area contributed by atoms with Crippen LogP contribution in [0, 0.1) is 18.6 Å². The first-order valence-electron chi connectivity index (χ1n) is 9.32. The van der Waals surface area contributed by atoms with Crippen molar-refractivity contribution >= 4 is 5.96 Å². The minimum atomic E-state index is -0.604. The number of guanidine groups is 1. The lowest BCUT2D eigenvalue weighted by molar-refractivity contribution is 0.550. The fraction of sp³-hybridized carbons (Fsp3) is 0.286. The summed E-state index contributed by atoms with van der Waals surface area (Å²) in [6.45, 7) is 4.52. The van der Waals surface area contributed by atoms with Crippen molar-refractivity contribution < 1.29 is 8.78 Å². The quantitative estimate of drug-likeness (QED) is 0.493. The van der Waals surface area contributed by atoms with Gasteiger partial charge in [-0.15, -0.1) is 10.2 Å². The molecule has 3 rings (SSSR count). The number of aryl methyl sites for hydroxylation is 1. The predicted molar refractivity (Wildman–Crippen MR) is 108 cm³/mol. The summed E-state index contributed by atoms with van der Waals surface area (Å²) in [6, 6.07) is 12.9. The molecule has 29 heavy (non-hydrogen) atoms. The summed E-state index contributed by atoms with van der Waals surface area (Å²) in [5.41, 5.74) is 1.40. The van der Waals surface area contributed by atoms with Gasteiger partial charge >= 0.3 is 0 Å². The van der Waals surface area contributed by atoms with E-state index in [4.69, 9.17) is 0 Å². The van der Waals surface area contributed by atoms with Crippen LogP contribution in [-0.2, 0) is 20.1 Å². The number of hydrogen-bond donors (Lipinski definition) is 2. The Bertz CT molecular complexity index is 984. The Morgan fingerprint density at radius 1 is 1.14 bits per heavy atom. The van der Waals surface area contributed by atoms with Crippen molar-refractivity contribution in [2.75, 3.05) is 0 Å². The first-order chi connectivity index (χ1) is 13.9. The van der Waals surface area contributed by atoms with Gasteiger partial charge in [0.2, 0.25) is 0 Å². The van der Waals surface area contributed by atoms with E-state index in [0.29, 0.717) is 24.6 Å². The molecular formula is C21H24F2N6. The highest BCUT2D eigenvalue weighted by Gasteiger charge is 2.14. The largest absolute Gasteiger partial charge is 0.350 e. The number of aliphatic imine (C=N–C) groups is 1. The Labute approximate surface area is 168 Å². The molecule has 0 aliphatic rings. The molecule has 0 radical (unpaired) electrons. The third-order valence-corrected chi connectivity index (χ3v) is 4.64. The van der Waals surface area contributed by atoms with Crippen molar-refractivity contribution in [3.05, 3.63) is 82.9 Å². The van der Waals surface area contributed by atoms with Crippen molar-refractivity contribution in [1.29, 1.82) is 0 Å². The molecule has 0 fully saturated rings. The Hall–Kier alpha value is -3.29. The standard InChI is InChI=1S/C21H24F2N6/c1-14(18-10-9-17(22)11-19(18)23)26-21(24-12-16-7-5-4-6-8-16)25-13-20-28-27-15(2)29(20)3/h4-11,14H,12-13H2,1-3H3,(H2,24,25,26). The van der Waals surface area contributed by atoms with Crippen LogP contribution in [0.5, 0.6) is 0 Å². The molecule has 2 aromatic carbocycles. The van der Waals surface area contributed by atoms with Crippen LogP contribution in [-0.4, -0.2) is 20.7 Å². The van der Waals surface area contributed by atoms with Gasteiger partial charge < -0.3 is 15.2 Å². The van der Waals surface area contributed by atoms with Crippen LogP contribution in [0.3, 0.4) is 0 Å². The third-order valence-electron chi connectivity index (χ3n) is 4.64. The molecule has 1 atom stereocenters. The van der Waals surface area contributed by atoms with Crippen LogP contribution in [0.1, 0.15) is 35.7 Å². The van der Waals surface area contributed by atoms with Gasteiger partial charge in [0, 0.05) is 18.7 Å². The lowest BCUT2D eigenvalue weighted by Gasteiger charge is -2.19. The number of hydrogen-bond acceptors (Lipinski definition) is 3. The van der Waals surface area contributed by atoms with Crippen LogP contribution in [0.2, 0.25) is 0 Å². The number of halogens is 2. The SMILES string of the molecule is Cc1nnc(CNC(=NCc2ccccc2)NC(C)c2ccc(F)cc2F)n1C. The summed E-state index contributed by atoms with van der Waals surface area (Å²) in [4.78, 5) is 4.60. The molecule has 0 saturated heterocycles. The monoisotopic (exact) mass is 398 g/mol. The molecule has 0 bridgehead atoms. The topological polar surface area (TPSA) is 67.1 Å². The molecule has 0 saturated carbocycles. The zero-order valence-corrected chi connectivity index (χ0v) is 16.7. The molecule has 1 unspecified atom stereocenters. The molecule has 8 heteroatoms. The normalized spacial score (nSPS) is 12.7. The number of aromatic nitrogens is 3. The number of nitrogens with zero attached hydrogens (tertiary/aromatic N) is 4. The predicted octanol–water partition coefficient (Wildman–Crippen LogP) is 3.40. The molecule has 0 aliphatic carbocycles. The average molecular weight is 398 g/mol. The van der Waals surface area contributed by atoms with Gasteiger partial charge in [0.25, 0.3) is 0 Å². The number of benzene rings is 2. The van der Waals surface area contributed by atoms with Crippen LogP contribution in [0.25, 0.3) is 0 Å². The second-order valence-corrected chi connectivity index (χ2v) is 6.76. The van der Waals surface area contributed by atoms with E-state index in [9.17, 15) is 8.78 Å². The van der Waals surface area contributed by atoms with E-state index in [1.807, 2.05) is 48.9 Å². The van der Waals surface area contributed by atoms with Crippen LogP contribution < -0.4 is 10.6 Å². The fourth-order valence-corrected chi connectivity index (χ4v) is 2.81. The minimum Gasteiger partial charge on any atom is -0.350 e. The Morgan fingerprint density at radius 2 is 1.90 bits per heavy atom. The van der Waals surface area contributed by atoms with Crippen LogP contribution in [0.15, 0.2) is 53.5 Å². The van der Waals surface area contributed by atoms with Crippen molar-refractivity contribution in [3.8, 4) is 0 Å². The first kappa shape index (κ1) is 20.4. The van der Waals surface area contributed by atoms with Crippen molar-refractivity contribution in [1.82, 2.24) is 25.4 Å². The lowest BCUT2D eigenvalue weighted by Crippen LogP contribution is -2.39. The summed E-state index contributed by atoms with van der Waals surface area (Å²) in [7, 11) is 1.89. The minimum absolute atomic E-state index is 0.357. The zero-order valence-electron chi connectivity index (χ0n) is 16.7. The molecule has 2 N–H and O–H groups in total. The van der Waals surface area contributed by atoms with E-state index in [-0.39, 0.29) is 0 Å². The highest BCUT2D eigenvalue weighted by Crippen LogP contribution is 2.17. The Morgan fingerprint density at radius 3 is 2.55 bits per heavy atom. The van der Waals surface area contributed by atoms with E-state index in [1.54, 1.807) is 6.92 Å². The zero-order chi connectivity index (χ0) is 20.8. The van der Waals surface area contributed by atoms with Crippen molar-refractivity contribution in [2.24, 2.45) is 12.0 Å². The van der Waals surface area contributed by atoms with E-state index < -0.39 is 17.7 Å². The molecule has 1 aromatic heterocycles. The van der Waals surface area contributed by atoms with E-state index in [2.05, 4.69) is 25.8 Å². The second-order valence-electron chi connectivity index (χ2n) is 6.76. The Kier molecular flexibility index (Phi) is 6.54. The van der Waals surface area contributed by atoms with Gasteiger partial charge in [-0.25, -0.2) is 13.8 Å². The van der Waals surface area contributed by atoms with Gasteiger partial charge in [-0.05, 0) is 25.5 Å². The molecular weight excluding hydrogens is 374 g/mol. The molecule has 0 amide bonds. The second kappa shape index (κ2) is 9.27. The smallest absolute Gasteiger partial charge is 0.192 e. The maximum Gasteiger partial charge on any atom is 0.192 e. The van der Waals surface area contributed by atoms with Crippen LogP contribution in [0.4, 0.5) is 8.78 Å². The summed E-state index contributed by atoms with van der Waals surface area (Å²) >= 11 is 0. The number of nitrogens with one attached hydrogen (secondary N) is 2. The summed E-state index contributed by atoms with van der Waals surface area (Å²) < 4.78 is 29.2. The molecule has 0 spiro atoms. The molecule has 6 nitrogen and oxygen atoms in total. The summed E-state index contributed by atoms with van der Waals surface area (Å²) in [5.74, 6) is 0.839. The van der Waals surface area contributed by atoms with Gasteiger partial charge in [0.05, 0.1) is 19.1 Å². The summed E-state index contributed by atoms with van der Waals surface area (Å²) in [6.07, 6.45) is 0. The maximum atomic E-state index is 14.1. The number of rotatable bonds is 6. The van der Waals surface area contributed by atoms with E-state index in [1.165, 1.54) is 12.1 Å². The van der Waals surface area contributed by atoms with E-state index in [0.717, 1.165) is 23.3 Å². The van der Waals surface area contributed by atoms with Crippen molar-refractivity contribution in [2.45, 2.75) is 33.0 Å². The van der Waals surface area contributed by atoms with Gasteiger partial charge in [0.1, 0.15) is 17.5 Å². The maximum absolute atomic E-state index is 14.1. The van der Waals surface area contributed by atoms with Gasteiger partial charge in [-0.2, -0.15) is 0 Å². The third kappa shape index (κ3) is 5.37. The van der Waals surface area contributed by atoms with Crippen molar-refractivity contribution in [3.63, 3.8) is 0 Å². The Balaban J connectivity index is 1.76. The molecule has 3 aromatic rings. The molecule has 152 valence electrons. The molecule has 1 heterocycles. The lowest BCUT2D eigenvalue weighted by atomic mass is 10.1. The van der Waals surface area contributed by atoms with E-state index >= 15 is 0 Å². The molecule has 0 aliphatic heterocycles.